The van der Waals surface area contributed by atoms with Crippen molar-refractivity contribution in [2.75, 3.05) is 13.2 Å². The van der Waals surface area contributed by atoms with Gasteiger partial charge in [0.2, 0.25) is 0 Å². The minimum Gasteiger partial charge on any atom is -0.447 e. The number of carbonyl (C=O) groups is 3. The van der Waals surface area contributed by atoms with Gasteiger partial charge in [-0.3, -0.25) is 4.90 Å². The molecule has 0 spiro atoms. The third-order valence-electron chi connectivity index (χ3n) is 1.57. The van der Waals surface area contributed by atoms with Crippen molar-refractivity contribution < 1.29 is 23.9 Å². The maximum absolute atomic E-state index is 10.4. The highest BCUT2D eigenvalue weighted by molar-refractivity contribution is 6.04. The number of carbonyl (C=O) groups excluding carboxylic acids is 3. The summed E-state index contributed by atoms with van der Waals surface area (Å²) in [6.07, 6.45) is 3.35. The second-order valence-electron chi connectivity index (χ2n) is 2.56. The number of ether oxygens (including phenoxy) is 2. The molecule has 0 bridgehead atoms. The van der Waals surface area contributed by atoms with E-state index in [2.05, 4.69) is 16.1 Å². The second-order valence-corrected chi connectivity index (χ2v) is 2.56. The van der Waals surface area contributed by atoms with Crippen LogP contribution in [-0.2, 0) is 19.1 Å². The molecule has 2 heterocycles. The highest BCUT2D eigenvalue weighted by Gasteiger charge is 2.17. The molecule has 1 saturated heterocycles. The minimum atomic E-state index is -0.579. The largest absolute Gasteiger partial charge is 0.447 e. The van der Waals surface area contributed by atoms with Crippen molar-refractivity contribution in [3.63, 3.8) is 0 Å². The van der Waals surface area contributed by atoms with Crippen molar-refractivity contribution in [2.24, 2.45) is 0 Å². The van der Waals surface area contributed by atoms with Crippen LogP contribution < -0.4 is 0 Å². The van der Waals surface area contributed by atoms with Crippen molar-refractivity contribution in [3.05, 3.63) is 24.9 Å². The van der Waals surface area contributed by atoms with Crippen LogP contribution >= 0.6 is 0 Å². The zero-order valence-corrected chi connectivity index (χ0v) is 7.84. The van der Waals surface area contributed by atoms with E-state index in [1.165, 1.54) is 11.1 Å². The van der Waals surface area contributed by atoms with Crippen LogP contribution in [-0.4, -0.2) is 36.1 Å². The molecule has 15 heavy (non-hydrogen) atoms. The Hall–Kier alpha value is -2.11. The van der Waals surface area contributed by atoms with Gasteiger partial charge in [0.15, 0.2) is 0 Å². The first-order valence-electron chi connectivity index (χ1n) is 4.13. The topological polar surface area (TPSA) is 72.9 Å². The zero-order chi connectivity index (χ0) is 11.3. The average Bonchev–Trinajstić information content (AvgIpc) is 2.76. The minimum absolute atomic E-state index is 0.292. The fraction of sp³-hybridized carbons (Fsp3) is 0.222. The average molecular weight is 211 g/mol. The molecule has 6 nitrogen and oxygen atoms in total. The monoisotopic (exact) mass is 211 g/mol. The lowest BCUT2D eigenvalue weighted by atomic mass is 10.6. The summed E-state index contributed by atoms with van der Waals surface area (Å²) < 4.78 is 8.54. The predicted octanol–water partition coefficient (Wildman–Crippen LogP) is 0.208. The summed E-state index contributed by atoms with van der Waals surface area (Å²) in [5, 5.41) is 0. The Morgan fingerprint density at radius 1 is 1.27 bits per heavy atom. The summed E-state index contributed by atoms with van der Waals surface area (Å²) in [4.78, 5) is 31.7. The lowest BCUT2D eigenvalue weighted by Gasteiger charge is -2.01. The van der Waals surface area contributed by atoms with Crippen LogP contribution in [0.5, 0.6) is 0 Å². The fourth-order valence-corrected chi connectivity index (χ4v) is 0.875. The van der Waals surface area contributed by atoms with E-state index in [0.717, 1.165) is 12.2 Å². The van der Waals surface area contributed by atoms with E-state index in [1.54, 1.807) is 0 Å². The van der Waals surface area contributed by atoms with E-state index >= 15 is 0 Å². The maximum Gasteiger partial charge on any atom is 0.413 e. The number of rotatable bonds is 1. The van der Waals surface area contributed by atoms with Crippen molar-refractivity contribution in [1.82, 2.24) is 4.90 Å². The molecule has 0 radical (unpaired) electrons. The van der Waals surface area contributed by atoms with Crippen LogP contribution in [0.4, 0.5) is 4.79 Å². The second kappa shape index (κ2) is 4.94. The van der Waals surface area contributed by atoms with Crippen LogP contribution in [0, 0.1) is 0 Å². The lowest BCUT2D eigenvalue weighted by Crippen LogP contribution is -2.15. The van der Waals surface area contributed by atoms with Crippen molar-refractivity contribution >= 4 is 18.0 Å². The van der Waals surface area contributed by atoms with Gasteiger partial charge in [-0.15, -0.1) is 0 Å². The van der Waals surface area contributed by atoms with Gasteiger partial charge in [-0.25, -0.2) is 14.4 Å². The summed E-state index contributed by atoms with van der Waals surface area (Å²) in [5.74, 6) is -1.16. The van der Waals surface area contributed by atoms with Gasteiger partial charge in [0, 0.05) is 18.4 Å². The van der Waals surface area contributed by atoms with Crippen molar-refractivity contribution in [1.29, 1.82) is 0 Å². The molecule has 0 aromatic heterocycles. The third kappa shape index (κ3) is 3.26. The maximum atomic E-state index is 10.4. The van der Waals surface area contributed by atoms with Gasteiger partial charge in [0.25, 0.3) is 0 Å². The first-order chi connectivity index (χ1) is 7.13. The van der Waals surface area contributed by atoms with E-state index < -0.39 is 11.9 Å². The van der Waals surface area contributed by atoms with Gasteiger partial charge in [-0.05, 0) is 0 Å². The molecular formula is C9H9NO5. The molecule has 1 fully saturated rings. The van der Waals surface area contributed by atoms with Crippen LogP contribution in [0.25, 0.3) is 0 Å². The number of cyclic esters (lactones) is 3. The summed E-state index contributed by atoms with van der Waals surface area (Å²) in [6, 6.07) is 0. The third-order valence-corrected chi connectivity index (χ3v) is 1.57. The molecule has 0 aromatic carbocycles. The van der Waals surface area contributed by atoms with Gasteiger partial charge >= 0.3 is 18.0 Å². The SMILES string of the molecule is C=CN1CCOC1=O.O=C1C=CC(=O)O1. The van der Waals surface area contributed by atoms with Gasteiger partial charge in [-0.1, -0.05) is 6.58 Å². The number of hydrogen-bond acceptors (Lipinski definition) is 5. The molecule has 80 valence electrons. The highest BCUT2D eigenvalue weighted by Crippen LogP contribution is 2.01. The molecule has 0 atom stereocenters. The summed E-state index contributed by atoms with van der Waals surface area (Å²) >= 11 is 0. The first-order valence-corrected chi connectivity index (χ1v) is 4.13. The molecule has 2 rings (SSSR count). The Labute approximate surface area is 85.7 Å². The molecule has 0 aliphatic carbocycles. The molecule has 0 saturated carbocycles. The molecular weight excluding hydrogens is 202 g/mol. The Balaban J connectivity index is 0.000000151. The standard InChI is InChI=1S/C5H7NO2.C4H2O3/c1-2-6-3-4-8-5(6)7;5-3-1-2-4(6)7-3/h2H,1,3-4H2;1-2H. The van der Waals surface area contributed by atoms with E-state index in [0.29, 0.717) is 13.2 Å². The normalized spacial score (nSPS) is 18.1. The van der Waals surface area contributed by atoms with Gasteiger partial charge in [0.1, 0.15) is 6.61 Å². The summed E-state index contributed by atoms with van der Waals surface area (Å²) in [7, 11) is 0. The number of esters is 2. The van der Waals surface area contributed by atoms with E-state index in [4.69, 9.17) is 0 Å². The smallest absolute Gasteiger partial charge is 0.413 e. The molecule has 0 N–H and O–H groups in total. The van der Waals surface area contributed by atoms with Crippen LogP contribution in [0.2, 0.25) is 0 Å². The quantitative estimate of drug-likeness (QED) is 0.458. The number of hydrogen-bond donors (Lipinski definition) is 0. The highest BCUT2D eigenvalue weighted by atomic mass is 16.6. The first kappa shape index (κ1) is 11.0. The zero-order valence-electron chi connectivity index (χ0n) is 7.84. The van der Waals surface area contributed by atoms with Crippen LogP contribution in [0.15, 0.2) is 24.9 Å². The van der Waals surface area contributed by atoms with Gasteiger partial charge < -0.3 is 9.47 Å². The summed E-state index contributed by atoms with van der Waals surface area (Å²) in [6.45, 7) is 4.55. The molecule has 2 aliphatic heterocycles. The van der Waals surface area contributed by atoms with Gasteiger partial charge in [0.05, 0.1) is 6.54 Å². The molecule has 1 amide bonds. The predicted molar refractivity (Wildman–Crippen MR) is 48.5 cm³/mol. The van der Waals surface area contributed by atoms with Crippen molar-refractivity contribution in [2.45, 2.75) is 0 Å². The summed E-state index contributed by atoms with van der Waals surface area (Å²) in [5.41, 5.74) is 0. The molecule has 2 aliphatic rings. The van der Waals surface area contributed by atoms with Crippen LogP contribution in [0.3, 0.4) is 0 Å². The van der Waals surface area contributed by atoms with E-state index in [-0.39, 0.29) is 6.09 Å². The van der Waals surface area contributed by atoms with Crippen LogP contribution in [0.1, 0.15) is 0 Å². The Morgan fingerprint density at radius 3 is 2.07 bits per heavy atom. The molecule has 0 aromatic rings. The number of nitrogens with zero attached hydrogens (tertiary/aromatic N) is 1. The Bertz CT molecular complexity index is 317. The Morgan fingerprint density at radius 2 is 1.87 bits per heavy atom. The van der Waals surface area contributed by atoms with E-state index in [9.17, 15) is 14.4 Å². The number of amides is 1. The van der Waals surface area contributed by atoms with Gasteiger partial charge in [-0.2, -0.15) is 0 Å². The molecule has 6 heteroatoms. The van der Waals surface area contributed by atoms with Crippen molar-refractivity contribution in [3.8, 4) is 0 Å². The van der Waals surface area contributed by atoms with E-state index in [1.807, 2.05) is 0 Å². The lowest BCUT2D eigenvalue weighted by molar-refractivity contribution is -0.150. The Kier molecular flexibility index (Phi) is 3.61. The fourth-order valence-electron chi connectivity index (χ4n) is 0.875. The molecule has 0 unspecified atom stereocenters.